The van der Waals surface area contributed by atoms with Gasteiger partial charge in [0.1, 0.15) is 5.69 Å². The molecule has 3 rings (SSSR count). The van der Waals surface area contributed by atoms with Gasteiger partial charge in [-0.2, -0.15) is 5.10 Å². The molecule has 27 heavy (non-hydrogen) atoms. The molecule has 0 bridgehead atoms. The summed E-state index contributed by atoms with van der Waals surface area (Å²) in [6, 6.07) is 7.37. The number of carbonyl (C=O) groups is 2. The number of anilines is 1. The third kappa shape index (κ3) is 4.05. The number of aromatic nitrogens is 4. The molecule has 0 fully saturated rings. The van der Waals surface area contributed by atoms with Crippen molar-refractivity contribution in [1.29, 1.82) is 0 Å². The molecule has 0 aliphatic rings. The summed E-state index contributed by atoms with van der Waals surface area (Å²) in [6.45, 7) is 5.97. The Bertz CT molecular complexity index is 959. The monoisotopic (exact) mass is 367 g/mol. The van der Waals surface area contributed by atoms with Crippen molar-refractivity contribution in [2.75, 3.05) is 11.9 Å². The number of aryl methyl sites for hydroxylation is 1. The van der Waals surface area contributed by atoms with Crippen LogP contribution in [0.1, 0.15) is 44.7 Å². The van der Waals surface area contributed by atoms with E-state index in [4.69, 9.17) is 4.74 Å². The number of ether oxygens (including phenoxy) is 1. The van der Waals surface area contributed by atoms with E-state index in [9.17, 15) is 9.59 Å². The maximum absolute atomic E-state index is 12.6. The number of hydrogen-bond acceptors (Lipinski definition) is 5. The number of hydrogen-bond donors (Lipinski definition) is 2. The smallest absolute Gasteiger partial charge is 0.340 e. The van der Waals surface area contributed by atoms with Gasteiger partial charge in [0.2, 0.25) is 0 Å². The van der Waals surface area contributed by atoms with E-state index in [1.807, 2.05) is 18.2 Å². The third-order valence-electron chi connectivity index (χ3n) is 4.08. The summed E-state index contributed by atoms with van der Waals surface area (Å²) < 4.78 is 6.74. The lowest BCUT2D eigenvalue weighted by molar-refractivity contribution is 0.0525. The SMILES string of the molecule is CCOC(=O)c1c(C)[nH]c(C(=O)Nc2ccn(Cc3ccccn3)n2)c1C. The fourth-order valence-electron chi connectivity index (χ4n) is 2.84. The topological polar surface area (TPSA) is 102 Å². The van der Waals surface area contributed by atoms with Crippen LogP contribution in [-0.4, -0.2) is 38.2 Å². The van der Waals surface area contributed by atoms with Crippen LogP contribution >= 0.6 is 0 Å². The molecule has 0 aliphatic carbocycles. The van der Waals surface area contributed by atoms with E-state index in [1.54, 1.807) is 43.9 Å². The zero-order valence-electron chi connectivity index (χ0n) is 15.4. The van der Waals surface area contributed by atoms with Crippen LogP contribution in [0.5, 0.6) is 0 Å². The van der Waals surface area contributed by atoms with Crippen molar-refractivity contribution in [3.8, 4) is 0 Å². The van der Waals surface area contributed by atoms with Crippen LogP contribution in [0.4, 0.5) is 5.82 Å². The summed E-state index contributed by atoms with van der Waals surface area (Å²) in [7, 11) is 0. The van der Waals surface area contributed by atoms with Crippen molar-refractivity contribution in [2.45, 2.75) is 27.3 Å². The molecule has 2 N–H and O–H groups in total. The fraction of sp³-hybridized carbons (Fsp3) is 0.263. The highest BCUT2D eigenvalue weighted by atomic mass is 16.5. The minimum Gasteiger partial charge on any atom is -0.462 e. The highest BCUT2D eigenvalue weighted by molar-refractivity contribution is 6.06. The number of nitrogens with zero attached hydrogens (tertiary/aromatic N) is 3. The van der Waals surface area contributed by atoms with Crippen LogP contribution in [-0.2, 0) is 11.3 Å². The summed E-state index contributed by atoms with van der Waals surface area (Å²) in [6.07, 6.45) is 3.49. The summed E-state index contributed by atoms with van der Waals surface area (Å²) in [5.74, 6) is -0.392. The molecule has 0 aliphatic heterocycles. The van der Waals surface area contributed by atoms with E-state index < -0.39 is 5.97 Å². The maximum Gasteiger partial charge on any atom is 0.340 e. The molecule has 0 atom stereocenters. The molecular weight excluding hydrogens is 346 g/mol. The van der Waals surface area contributed by atoms with Crippen LogP contribution in [0.25, 0.3) is 0 Å². The van der Waals surface area contributed by atoms with Crippen molar-refractivity contribution < 1.29 is 14.3 Å². The van der Waals surface area contributed by atoms with Gasteiger partial charge >= 0.3 is 5.97 Å². The van der Waals surface area contributed by atoms with Crippen molar-refractivity contribution in [3.05, 3.63) is 64.9 Å². The molecule has 0 aromatic carbocycles. The lowest BCUT2D eigenvalue weighted by Crippen LogP contribution is -2.15. The van der Waals surface area contributed by atoms with E-state index in [2.05, 4.69) is 20.4 Å². The molecule has 8 nitrogen and oxygen atoms in total. The molecule has 1 amide bonds. The number of rotatable bonds is 6. The van der Waals surface area contributed by atoms with Gasteiger partial charge in [0.15, 0.2) is 5.82 Å². The second kappa shape index (κ2) is 7.86. The Kier molecular flexibility index (Phi) is 5.35. The van der Waals surface area contributed by atoms with E-state index >= 15 is 0 Å². The van der Waals surface area contributed by atoms with Gasteiger partial charge in [-0.3, -0.25) is 14.5 Å². The van der Waals surface area contributed by atoms with Crippen molar-refractivity contribution in [2.24, 2.45) is 0 Å². The predicted octanol–water partition coefficient (Wildman–Crippen LogP) is 2.70. The van der Waals surface area contributed by atoms with Crippen LogP contribution in [0.2, 0.25) is 0 Å². The van der Waals surface area contributed by atoms with E-state index in [-0.39, 0.29) is 12.5 Å². The number of H-pyrrole nitrogens is 1. The van der Waals surface area contributed by atoms with Gasteiger partial charge < -0.3 is 15.0 Å². The molecule has 0 spiro atoms. The number of esters is 1. The number of carbonyl (C=O) groups excluding carboxylic acids is 2. The van der Waals surface area contributed by atoms with Crippen molar-refractivity contribution in [1.82, 2.24) is 19.7 Å². The van der Waals surface area contributed by atoms with Crippen LogP contribution < -0.4 is 5.32 Å². The van der Waals surface area contributed by atoms with Gasteiger partial charge in [-0.05, 0) is 38.5 Å². The first kappa shape index (κ1) is 18.4. The Hall–Kier alpha value is -3.42. The predicted molar refractivity (Wildman–Crippen MR) is 99.7 cm³/mol. The van der Waals surface area contributed by atoms with Crippen LogP contribution in [0.3, 0.4) is 0 Å². The molecule has 0 saturated carbocycles. The fourth-order valence-corrected chi connectivity index (χ4v) is 2.84. The Balaban J connectivity index is 1.73. The Morgan fingerprint density at radius 2 is 2.07 bits per heavy atom. The first-order chi connectivity index (χ1) is 13.0. The quantitative estimate of drug-likeness (QED) is 0.652. The van der Waals surface area contributed by atoms with Crippen molar-refractivity contribution in [3.63, 3.8) is 0 Å². The second-order valence-corrected chi connectivity index (χ2v) is 6.02. The number of nitrogens with one attached hydrogen (secondary N) is 2. The Labute approximate surface area is 156 Å². The number of aromatic amines is 1. The minimum absolute atomic E-state index is 0.276. The second-order valence-electron chi connectivity index (χ2n) is 6.02. The van der Waals surface area contributed by atoms with Gasteiger partial charge in [0.05, 0.1) is 24.4 Å². The molecule has 8 heteroatoms. The molecule has 0 unspecified atom stereocenters. The standard InChI is InChI=1S/C19H21N5O3/c1-4-27-19(26)16-12(2)17(21-13(16)3)18(25)22-15-8-10-24(23-15)11-14-7-5-6-9-20-14/h5-10,21H,4,11H2,1-3H3,(H,22,23,25). The maximum atomic E-state index is 12.6. The average molecular weight is 367 g/mol. The molecule has 3 aromatic rings. The largest absolute Gasteiger partial charge is 0.462 e. The molecule has 3 aromatic heterocycles. The third-order valence-corrected chi connectivity index (χ3v) is 4.08. The molecule has 3 heterocycles. The van der Waals surface area contributed by atoms with E-state index in [0.29, 0.717) is 34.9 Å². The number of amides is 1. The molecule has 140 valence electrons. The van der Waals surface area contributed by atoms with E-state index in [0.717, 1.165) is 5.69 Å². The average Bonchev–Trinajstić information content (AvgIpc) is 3.19. The molecule has 0 saturated heterocycles. The molecule has 0 radical (unpaired) electrons. The van der Waals surface area contributed by atoms with Gasteiger partial charge in [0, 0.05) is 24.2 Å². The first-order valence-corrected chi connectivity index (χ1v) is 8.60. The summed E-state index contributed by atoms with van der Waals surface area (Å²) >= 11 is 0. The highest BCUT2D eigenvalue weighted by Gasteiger charge is 2.23. The van der Waals surface area contributed by atoms with Crippen LogP contribution in [0.15, 0.2) is 36.7 Å². The Morgan fingerprint density at radius 1 is 1.26 bits per heavy atom. The zero-order chi connectivity index (χ0) is 19.4. The lowest BCUT2D eigenvalue weighted by atomic mass is 10.1. The van der Waals surface area contributed by atoms with Gasteiger partial charge in [-0.15, -0.1) is 0 Å². The first-order valence-electron chi connectivity index (χ1n) is 8.60. The highest BCUT2D eigenvalue weighted by Crippen LogP contribution is 2.20. The van der Waals surface area contributed by atoms with Gasteiger partial charge in [-0.1, -0.05) is 6.07 Å². The molecular formula is C19H21N5O3. The number of pyridine rings is 1. The summed E-state index contributed by atoms with van der Waals surface area (Å²) in [5.41, 5.74) is 2.72. The van der Waals surface area contributed by atoms with Gasteiger partial charge in [0.25, 0.3) is 5.91 Å². The lowest BCUT2D eigenvalue weighted by Gasteiger charge is -2.04. The minimum atomic E-state index is -0.442. The van der Waals surface area contributed by atoms with E-state index in [1.165, 1.54) is 0 Å². The normalized spacial score (nSPS) is 10.6. The zero-order valence-corrected chi connectivity index (χ0v) is 15.4. The van der Waals surface area contributed by atoms with Crippen molar-refractivity contribution >= 4 is 17.7 Å². The summed E-state index contributed by atoms with van der Waals surface area (Å²) in [5, 5.41) is 7.08. The Morgan fingerprint density at radius 3 is 2.78 bits per heavy atom. The van der Waals surface area contributed by atoms with Crippen LogP contribution in [0, 0.1) is 13.8 Å². The summed E-state index contributed by atoms with van der Waals surface area (Å²) in [4.78, 5) is 31.9. The van der Waals surface area contributed by atoms with Gasteiger partial charge in [-0.25, -0.2) is 4.79 Å².